The van der Waals surface area contributed by atoms with Gasteiger partial charge in [0, 0.05) is 14.1 Å². The van der Waals surface area contributed by atoms with Crippen LogP contribution in [0.15, 0.2) is 44.7 Å². The summed E-state index contributed by atoms with van der Waals surface area (Å²) in [5, 5.41) is 7.38. The number of Topliss-reactive ketones (excluding diaryl/α,β-unsaturated/α-hetero) is 1. The molecule has 2 N–H and O–H groups in total. The number of carbonyl (C=O) groups is 1. The maximum absolute atomic E-state index is 12.5. The zero-order valence-corrected chi connectivity index (χ0v) is 14.0. The average Bonchev–Trinajstić information content (AvgIpc) is 2.99. The van der Waals surface area contributed by atoms with Crippen LogP contribution < -0.4 is 22.7 Å². The molecule has 3 aromatic rings. The van der Waals surface area contributed by atoms with Crippen LogP contribution >= 0.6 is 0 Å². The Bertz CT molecular complexity index is 1170. The minimum absolute atomic E-state index is 0.272. The number of benzene rings is 1. The number of anilines is 1. The van der Waals surface area contributed by atoms with E-state index in [-0.39, 0.29) is 11.4 Å². The van der Waals surface area contributed by atoms with Crippen LogP contribution in [0.2, 0.25) is 0 Å². The summed E-state index contributed by atoms with van der Waals surface area (Å²) in [4.78, 5) is 48.9. The summed E-state index contributed by atoms with van der Waals surface area (Å²) >= 11 is 0. The third-order valence-corrected chi connectivity index (χ3v) is 3.92. The number of nitrogen functional groups attached to an aromatic ring is 1. The second-order valence-electron chi connectivity index (χ2n) is 5.56. The van der Waals surface area contributed by atoms with E-state index in [1.54, 1.807) is 30.3 Å². The van der Waals surface area contributed by atoms with E-state index in [4.69, 9.17) is 5.73 Å². The molecular weight excluding hydrogens is 342 g/mol. The molecule has 1 aromatic carbocycles. The summed E-state index contributed by atoms with van der Waals surface area (Å²) in [5.41, 5.74) is 3.70. The topological polar surface area (TPSA) is 140 Å². The molecule has 0 fully saturated rings. The highest BCUT2D eigenvalue weighted by Crippen LogP contribution is 2.05. The third kappa shape index (κ3) is 2.64. The minimum atomic E-state index is -0.834. The van der Waals surface area contributed by atoms with Crippen molar-refractivity contribution < 1.29 is 4.79 Å². The molecule has 0 saturated heterocycles. The zero-order valence-electron chi connectivity index (χ0n) is 14.0. The molecule has 0 amide bonds. The van der Waals surface area contributed by atoms with E-state index in [1.807, 2.05) is 0 Å². The van der Waals surface area contributed by atoms with Gasteiger partial charge >= 0.3 is 11.4 Å². The van der Waals surface area contributed by atoms with E-state index in [9.17, 15) is 19.2 Å². The van der Waals surface area contributed by atoms with Gasteiger partial charge in [-0.1, -0.05) is 18.2 Å². The molecule has 0 spiro atoms. The molecule has 0 radical (unpaired) electrons. The van der Waals surface area contributed by atoms with Crippen LogP contribution in [0.3, 0.4) is 0 Å². The number of aromatic nitrogens is 6. The SMILES string of the molecule is Cn1c(N)c(C(=O)Cn2nnn(-c3ccccc3)c2=O)c(=O)n(C)c1=O. The first-order chi connectivity index (χ1) is 12.3. The van der Waals surface area contributed by atoms with Crippen LogP contribution in [-0.2, 0) is 20.6 Å². The Kier molecular flexibility index (Phi) is 4.12. The molecule has 2 heterocycles. The lowest BCUT2D eigenvalue weighted by molar-refractivity contribution is 0.0963. The van der Waals surface area contributed by atoms with Crippen LogP contribution in [0, 0.1) is 0 Å². The van der Waals surface area contributed by atoms with Gasteiger partial charge in [0.05, 0.1) is 5.69 Å². The summed E-state index contributed by atoms with van der Waals surface area (Å²) < 4.78 is 3.60. The van der Waals surface area contributed by atoms with Crippen molar-refractivity contribution in [2.24, 2.45) is 14.1 Å². The van der Waals surface area contributed by atoms with E-state index in [1.165, 1.54) is 14.1 Å². The first-order valence-electron chi connectivity index (χ1n) is 7.50. The monoisotopic (exact) mass is 357 g/mol. The molecule has 3 rings (SSSR count). The maximum atomic E-state index is 12.5. The highest BCUT2D eigenvalue weighted by molar-refractivity contribution is 5.99. The van der Waals surface area contributed by atoms with E-state index in [0.717, 1.165) is 18.5 Å². The van der Waals surface area contributed by atoms with E-state index in [0.29, 0.717) is 5.69 Å². The van der Waals surface area contributed by atoms with Crippen molar-refractivity contribution in [1.29, 1.82) is 0 Å². The van der Waals surface area contributed by atoms with Gasteiger partial charge in [-0.3, -0.25) is 18.7 Å². The lowest BCUT2D eigenvalue weighted by Gasteiger charge is -2.10. The molecule has 0 aliphatic heterocycles. The van der Waals surface area contributed by atoms with Crippen molar-refractivity contribution in [3.63, 3.8) is 0 Å². The molecule has 0 saturated carbocycles. The molecule has 2 aromatic heterocycles. The second-order valence-corrected chi connectivity index (χ2v) is 5.56. The smallest absolute Gasteiger partial charge is 0.368 e. The number of nitrogens with two attached hydrogens (primary N) is 1. The van der Waals surface area contributed by atoms with Gasteiger partial charge in [0.1, 0.15) is 17.9 Å². The molecule has 11 heteroatoms. The summed E-state index contributed by atoms with van der Waals surface area (Å²) in [5.74, 6) is -1.02. The van der Waals surface area contributed by atoms with Crippen LogP contribution in [0.5, 0.6) is 0 Å². The Morgan fingerprint density at radius 2 is 1.65 bits per heavy atom. The van der Waals surface area contributed by atoms with Gasteiger partial charge in [0.15, 0.2) is 5.78 Å². The summed E-state index contributed by atoms with van der Waals surface area (Å²) in [6, 6.07) is 8.54. The molecule has 0 atom stereocenters. The maximum Gasteiger partial charge on any atom is 0.368 e. The van der Waals surface area contributed by atoms with Crippen molar-refractivity contribution >= 4 is 11.6 Å². The normalized spacial score (nSPS) is 10.8. The van der Waals surface area contributed by atoms with Gasteiger partial charge in [-0.25, -0.2) is 9.59 Å². The molecular formula is C15H15N7O4. The molecule has 0 unspecified atom stereocenters. The van der Waals surface area contributed by atoms with E-state index >= 15 is 0 Å². The molecule has 11 nitrogen and oxygen atoms in total. The lowest BCUT2D eigenvalue weighted by atomic mass is 10.2. The fourth-order valence-electron chi connectivity index (χ4n) is 2.44. The Balaban J connectivity index is 2.01. The molecule has 0 bridgehead atoms. The van der Waals surface area contributed by atoms with Crippen LogP contribution in [0.1, 0.15) is 10.4 Å². The Labute approximate surface area is 145 Å². The Morgan fingerprint density at radius 1 is 1.00 bits per heavy atom. The second kappa shape index (κ2) is 6.27. The quantitative estimate of drug-likeness (QED) is 0.548. The fourth-order valence-corrected chi connectivity index (χ4v) is 2.44. The first-order valence-corrected chi connectivity index (χ1v) is 7.50. The molecule has 26 heavy (non-hydrogen) atoms. The first kappa shape index (κ1) is 17.1. The van der Waals surface area contributed by atoms with Crippen molar-refractivity contribution in [3.8, 4) is 5.69 Å². The van der Waals surface area contributed by atoms with Crippen LogP contribution in [0.4, 0.5) is 5.82 Å². The van der Waals surface area contributed by atoms with Crippen LogP contribution in [0.25, 0.3) is 5.69 Å². The molecule has 134 valence electrons. The highest BCUT2D eigenvalue weighted by atomic mass is 16.2. The summed E-state index contributed by atoms with van der Waals surface area (Å²) in [7, 11) is 2.57. The number of ketones is 1. The Morgan fingerprint density at radius 3 is 2.31 bits per heavy atom. The predicted molar refractivity (Wildman–Crippen MR) is 91.3 cm³/mol. The summed E-state index contributed by atoms with van der Waals surface area (Å²) in [6.45, 7) is -0.538. The minimum Gasteiger partial charge on any atom is -0.384 e. The van der Waals surface area contributed by atoms with E-state index < -0.39 is 29.3 Å². The Hall–Kier alpha value is -3.76. The zero-order chi connectivity index (χ0) is 19.0. The van der Waals surface area contributed by atoms with Gasteiger partial charge in [0.25, 0.3) is 5.56 Å². The molecule has 0 aliphatic carbocycles. The van der Waals surface area contributed by atoms with Crippen molar-refractivity contribution in [2.75, 3.05) is 5.73 Å². The van der Waals surface area contributed by atoms with Crippen molar-refractivity contribution in [1.82, 2.24) is 28.9 Å². The van der Waals surface area contributed by atoms with Crippen LogP contribution in [-0.4, -0.2) is 34.7 Å². The van der Waals surface area contributed by atoms with Gasteiger partial charge in [0.2, 0.25) is 0 Å². The number of nitrogens with zero attached hydrogens (tertiary/aromatic N) is 6. The number of para-hydroxylation sites is 1. The third-order valence-electron chi connectivity index (χ3n) is 3.92. The largest absolute Gasteiger partial charge is 0.384 e. The number of hydrogen-bond acceptors (Lipinski definition) is 7. The number of rotatable bonds is 4. The fraction of sp³-hybridized carbons (Fsp3) is 0.200. The number of hydrogen-bond donors (Lipinski definition) is 1. The van der Waals surface area contributed by atoms with Gasteiger partial charge in [-0.15, -0.1) is 0 Å². The van der Waals surface area contributed by atoms with Gasteiger partial charge < -0.3 is 5.73 Å². The average molecular weight is 357 g/mol. The predicted octanol–water partition coefficient (Wildman–Crippen LogP) is -1.71. The van der Waals surface area contributed by atoms with Gasteiger partial charge in [-0.2, -0.15) is 9.36 Å². The summed E-state index contributed by atoms with van der Waals surface area (Å²) in [6.07, 6.45) is 0. The van der Waals surface area contributed by atoms with E-state index in [2.05, 4.69) is 10.4 Å². The van der Waals surface area contributed by atoms with Crippen molar-refractivity contribution in [3.05, 3.63) is 67.2 Å². The standard InChI is InChI=1S/C15H15N7O4/c1-19-12(16)11(13(24)20(2)14(19)25)10(23)8-21-15(26)22(18-17-21)9-6-4-3-5-7-9/h3-7H,8,16H2,1-2H3. The van der Waals surface area contributed by atoms with Crippen molar-refractivity contribution in [2.45, 2.75) is 6.54 Å². The number of carbonyl (C=O) groups excluding carboxylic acids is 1. The molecule has 0 aliphatic rings. The van der Waals surface area contributed by atoms with Gasteiger partial charge in [-0.05, 0) is 22.6 Å². The highest BCUT2D eigenvalue weighted by Gasteiger charge is 2.22. The lowest BCUT2D eigenvalue weighted by Crippen LogP contribution is -2.42. The number of tetrazole rings is 1.